The van der Waals surface area contributed by atoms with Crippen LogP contribution in [0.25, 0.3) is 5.76 Å². The van der Waals surface area contributed by atoms with Gasteiger partial charge in [-0.15, -0.1) is 0 Å². The number of aromatic amines is 1. The number of nitrogens with one attached hydrogen (secondary N) is 1. The molecule has 1 heterocycles. The third-order valence-electron chi connectivity index (χ3n) is 2.66. The molecule has 3 N–H and O–H groups in total. The summed E-state index contributed by atoms with van der Waals surface area (Å²) in [5.74, 6) is -3.83. The largest absolute Gasteiger partial charge is 0.505 e. The first-order chi connectivity index (χ1) is 9.95. The Morgan fingerprint density at radius 2 is 2.05 bits per heavy atom. The van der Waals surface area contributed by atoms with Crippen molar-refractivity contribution >= 4 is 17.5 Å². The summed E-state index contributed by atoms with van der Waals surface area (Å²) in [6.07, 6.45) is 0.926. The van der Waals surface area contributed by atoms with Crippen molar-refractivity contribution in [2.24, 2.45) is 0 Å². The standard InChI is InChI=1S/C14H11FN2O4/c15-9-3-1-2-8(4-9)5-10-6-11(17-16-10)12(18)7-13(19)14(20)21/h1-4,6-7,18H,5H2,(H,16,17)(H,20,21). The summed E-state index contributed by atoms with van der Waals surface area (Å²) < 4.78 is 13.1. The summed E-state index contributed by atoms with van der Waals surface area (Å²) >= 11 is 0. The summed E-state index contributed by atoms with van der Waals surface area (Å²) in [7, 11) is 0. The van der Waals surface area contributed by atoms with Gasteiger partial charge in [-0.25, -0.2) is 9.18 Å². The van der Waals surface area contributed by atoms with E-state index >= 15 is 0 Å². The number of hydrogen-bond acceptors (Lipinski definition) is 4. The van der Waals surface area contributed by atoms with Crippen LogP contribution in [0.4, 0.5) is 4.39 Å². The van der Waals surface area contributed by atoms with Crippen molar-refractivity contribution in [2.75, 3.05) is 0 Å². The highest BCUT2D eigenvalue weighted by Gasteiger charge is 2.12. The third kappa shape index (κ3) is 3.75. The lowest BCUT2D eigenvalue weighted by Crippen LogP contribution is -2.09. The van der Waals surface area contributed by atoms with Crippen molar-refractivity contribution in [1.29, 1.82) is 0 Å². The van der Waals surface area contributed by atoms with Gasteiger partial charge in [0.15, 0.2) is 0 Å². The molecule has 6 nitrogen and oxygen atoms in total. The van der Waals surface area contributed by atoms with Gasteiger partial charge in [-0.2, -0.15) is 5.10 Å². The molecule has 0 aliphatic heterocycles. The van der Waals surface area contributed by atoms with E-state index in [0.29, 0.717) is 23.8 Å². The molecule has 0 bridgehead atoms. The fraction of sp³-hybridized carbons (Fsp3) is 0.0714. The predicted octanol–water partition coefficient (Wildman–Crippen LogP) is 1.69. The zero-order valence-corrected chi connectivity index (χ0v) is 10.7. The molecule has 108 valence electrons. The molecule has 0 saturated heterocycles. The molecule has 0 aliphatic rings. The molecule has 0 radical (unpaired) electrons. The number of aliphatic carboxylic acids is 1. The number of carbonyl (C=O) groups is 2. The van der Waals surface area contributed by atoms with Crippen molar-refractivity contribution in [1.82, 2.24) is 10.2 Å². The second kappa shape index (κ2) is 6.00. The van der Waals surface area contributed by atoms with Crippen LogP contribution in [0.1, 0.15) is 17.0 Å². The molecule has 0 spiro atoms. The Bertz CT molecular complexity index is 721. The molecule has 7 heteroatoms. The Kier molecular flexibility index (Phi) is 4.13. The minimum atomic E-state index is -1.67. The number of carboxylic acid groups (broad SMARTS) is 1. The third-order valence-corrected chi connectivity index (χ3v) is 2.66. The smallest absolute Gasteiger partial charge is 0.376 e. The van der Waals surface area contributed by atoms with Crippen LogP contribution >= 0.6 is 0 Å². The first-order valence-electron chi connectivity index (χ1n) is 5.92. The summed E-state index contributed by atoms with van der Waals surface area (Å²) in [6.45, 7) is 0. The van der Waals surface area contributed by atoms with Gasteiger partial charge in [-0.3, -0.25) is 9.89 Å². The number of carboxylic acids is 1. The van der Waals surface area contributed by atoms with Gasteiger partial charge >= 0.3 is 5.97 Å². The first-order valence-corrected chi connectivity index (χ1v) is 5.92. The van der Waals surface area contributed by atoms with Crippen LogP contribution in [0.2, 0.25) is 0 Å². The average molecular weight is 290 g/mol. The van der Waals surface area contributed by atoms with E-state index in [1.54, 1.807) is 12.1 Å². The van der Waals surface area contributed by atoms with Crippen LogP contribution in [0.15, 0.2) is 36.4 Å². The summed E-state index contributed by atoms with van der Waals surface area (Å²) in [4.78, 5) is 21.3. The molecule has 1 aromatic heterocycles. The van der Waals surface area contributed by atoms with E-state index in [2.05, 4.69) is 10.2 Å². The second-order valence-corrected chi connectivity index (χ2v) is 4.28. The first kappa shape index (κ1) is 14.4. The minimum Gasteiger partial charge on any atom is -0.505 e. The molecule has 0 aliphatic carbocycles. The molecule has 0 unspecified atom stereocenters. The molecular weight excluding hydrogens is 279 g/mol. The maximum absolute atomic E-state index is 13.1. The number of H-pyrrole nitrogens is 1. The normalized spacial score (nSPS) is 11.4. The number of rotatable bonds is 5. The fourth-order valence-corrected chi connectivity index (χ4v) is 1.71. The molecule has 0 fully saturated rings. The van der Waals surface area contributed by atoms with Crippen molar-refractivity contribution in [2.45, 2.75) is 6.42 Å². The number of aliphatic hydroxyl groups excluding tert-OH is 1. The highest BCUT2D eigenvalue weighted by Crippen LogP contribution is 2.14. The van der Waals surface area contributed by atoms with Gasteiger partial charge in [0.05, 0.1) is 0 Å². The Labute approximate surface area is 118 Å². The second-order valence-electron chi connectivity index (χ2n) is 4.28. The zero-order valence-electron chi connectivity index (χ0n) is 10.7. The van der Waals surface area contributed by atoms with Gasteiger partial charge in [-0.1, -0.05) is 12.1 Å². The number of benzene rings is 1. The number of halogens is 1. The van der Waals surface area contributed by atoms with Gasteiger partial charge < -0.3 is 10.2 Å². The van der Waals surface area contributed by atoms with E-state index in [-0.39, 0.29) is 11.5 Å². The van der Waals surface area contributed by atoms with Gasteiger partial charge in [-0.05, 0) is 23.8 Å². The zero-order chi connectivity index (χ0) is 15.4. The minimum absolute atomic E-state index is 0.0380. The predicted molar refractivity (Wildman–Crippen MR) is 71.0 cm³/mol. The lowest BCUT2D eigenvalue weighted by atomic mass is 10.1. The van der Waals surface area contributed by atoms with E-state index < -0.39 is 17.5 Å². The number of carbonyl (C=O) groups excluding carboxylic acids is 1. The van der Waals surface area contributed by atoms with Gasteiger partial charge in [0.2, 0.25) is 0 Å². The highest BCUT2D eigenvalue weighted by atomic mass is 19.1. The average Bonchev–Trinajstić information content (AvgIpc) is 2.87. The summed E-state index contributed by atoms with van der Waals surface area (Å²) in [5, 5.41) is 24.4. The maximum atomic E-state index is 13.1. The molecule has 0 saturated carbocycles. The Hall–Kier alpha value is -2.96. The summed E-state index contributed by atoms with van der Waals surface area (Å²) in [5.41, 5.74) is 1.32. The number of ketones is 1. The molecule has 2 rings (SSSR count). The fourth-order valence-electron chi connectivity index (χ4n) is 1.71. The van der Waals surface area contributed by atoms with Crippen molar-refractivity contribution in [3.05, 3.63) is 59.2 Å². The number of aliphatic hydroxyl groups is 1. The van der Waals surface area contributed by atoms with Crippen LogP contribution in [0.3, 0.4) is 0 Å². The van der Waals surface area contributed by atoms with Crippen LogP contribution in [-0.4, -0.2) is 32.2 Å². The number of aromatic nitrogens is 2. The van der Waals surface area contributed by atoms with Crippen LogP contribution in [0.5, 0.6) is 0 Å². The van der Waals surface area contributed by atoms with Crippen LogP contribution in [0, 0.1) is 5.82 Å². The summed E-state index contributed by atoms with van der Waals surface area (Å²) in [6, 6.07) is 7.45. The van der Waals surface area contributed by atoms with E-state index in [1.165, 1.54) is 18.2 Å². The maximum Gasteiger partial charge on any atom is 0.376 e. The van der Waals surface area contributed by atoms with E-state index in [9.17, 15) is 19.1 Å². The Morgan fingerprint density at radius 1 is 1.29 bits per heavy atom. The quantitative estimate of drug-likeness (QED) is 0.441. The van der Waals surface area contributed by atoms with Crippen LogP contribution < -0.4 is 0 Å². The molecule has 2 aromatic rings. The molecular formula is C14H11FN2O4. The topological polar surface area (TPSA) is 103 Å². The molecule has 0 amide bonds. The highest BCUT2D eigenvalue weighted by molar-refractivity contribution is 6.38. The number of hydrogen-bond donors (Lipinski definition) is 3. The van der Waals surface area contributed by atoms with Crippen molar-refractivity contribution in [3.8, 4) is 0 Å². The van der Waals surface area contributed by atoms with Gasteiger partial charge in [0.25, 0.3) is 5.78 Å². The molecule has 1 aromatic carbocycles. The van der Waals surface area contributed by atoms with Crippen LogP contribution in [-0.2, 0) is 16.0 Å². The van der Waals surface area contributed by atoms with E-state index in [0.717, 1.165) is 0 Å². The lowest BCUT2D eigenvalue weighted by molar-refractivity contribution is -0.146. The SMILES string of the molecule is O=C(O)C(=O)C=C(O)c1cc(Cc2cccc(F)c2)[nH]n1. The van der Waals surface area contributed by atoms with Crippen molar-refractivity contribution < 1.29 is 24.2 Å². The molecule has 0 atom stereocenters. The van der Waals surface area contributed by atoms with E-state index in [1.807, 2.05) is 0 Å². The number of nitrogens with zero attached hydrogens (tertiary/aromatic N) is 1. The molecule has 21 heavy (non-hydrogen) atoms. The monoisotopic (exact) mass is 290 g/mol. The Morgan fingerprint density at radius 3 is 2.71 bits per heavy atom. The van der Waals surface area contributed by atoms with Crippen molar-refractivity contribution in [3.63, 3.8) is 0 Å². The lowest BCUT2D eigenvalue weighted by Gasteiger charge is -1.98. The van der Waals surface area contributed by atoms with E-state index in [4.69, 9.17) is 5.11 Å². The van der Waals surface area contributed by atoms with Gasteiger partial charge in [0.1, 0.15) is 17.3 Å². The Balaban J connectivity index is 2.15. The van der Waals surface area contributed by atoms with Gasteiger partial charge in [0, 0.05) is 18.2 Å².